The molecule has 0 aliphatic rings. The lowest BCUT2D eigenvalue weighted by molar-refractivity contribution is -0.140. The third-order valence-corrected chi connectivity index (χ3v) is 9.38. The Morgan fingerprint density at radius 2 is 0.897 bits per heavy atom. The summed E-state index contributed by atoms with van der Waals surface area (Å²) in [5.41, 5.74) is 33.4. The van der Waals surface area contributed by atoms with Gasteiger partial charge in [0.05, 0.1) is 36.9 Å². The molecule has 4 heterocycles. The van der Waals surface area contributed by atoms with Crippen molar-refractivity contribution in [1.29, 1.82) is 0 Å². The second-order valence-corrected chi connectivity index (χ2v) is 15.4. The molecule has 0 saturated carbocycles. The van der Waals surface area contributed by atoms with Crippen LogP contribution in [0.4, 0.5) is 46.3 Å². The molecule has 17 N–H and O–H groups in total. The average molecular weight is 1080 g/mol. The monoisotopic (exact) mass is 1080 g/mol. The van der Waals surface area contributed by atoms with E-state index in [1.807, 2.05) is 30.1 Å². The lowest BCUT2D eigenvalue weighted by Crippen LogP contribution is -2.18. The summed E-state index contributed by atoms with van der Waals surface area (Å²) < 4.78 is 20.0. The molecule has 4 aromatic carbocycles. The Balaban J connectivity index is 0.000000219. The molecule has 0 saturated heterocycles. The Labute approximate surface area is 443 Å². The van der Waals surface area contributed by atoms with Crippen LogP contribution in [-0.4, -0.2) is 137 Å². The fourth-order valence-electron chi connectivity index (χ4n) is 5.93. The zero-order valence-corrected chi connectivity index (χ0v) is 42.0. The van der Waals surface area contributed by atoms with Gasteiger partial charge in [-0.15, -0.1) is 0 Å². The van der Waals surface area contributed by atoms with Crippen LogP contribution in [0.15, 0.2) is 109 Å². The van der Waals surface area contributed by atoms with Gasteiger partial charge in [-0.3, -0.25) is 0 Å². The highest BCUT2D eigenvalue weighted by Gasteiger charge is 2.11. The number of aromatic nitrogens is 8. The second-order valence-electron chi connectivity index (χ2n) is 15.4. The maximum absolute atomic E-state index is 10.6. The number of nitrogen functional groups attached to an aromatic ring is 5. The summed E-state index contributed by atoms with van der Waals surface area (Å²) in [7, 11) is 5.44. The van der Waals surface area contributed by atoms with E-state index in [2.05, 4.69) is 50.5 Å². The van der Waals surface area contributed by atoms with Gasteiger partial charge in [-0.1, -0.05) is 24.3 Å². The molecule has 8 aromatic rings. The molecule has 0 atom stereocenters. The van der Waals surface area contributed by atoms with Gasteiger partial charge in [0.15, 0.2) is 49.4 Å². The van der Waals surface area contributed by atoms with Crippen molar-refractivity contribution in [1.82, 2.24) is 39.9 Å². The minimum atomic E-state index is -1.03. The molecule has 29 heteroatoms. The molecule has 0 spiro atoms. The smallest absolute Gasteiger partial charge is 0.341 e. The highest BCUT2D eigenvalue weighted by Crippen LogP contribution is 2.23. The Hall–Kier alpha value is -10.8. The normalized spacial score (nSPS) is 10.0. The lowest BCUT2D eigenvalue weighted by Gasteiger charge is -2.19. The largest absolute Gasteiger partial charge is 0.482 e. The third kappa shape index (κ3) is 20.9. The van der Waals surface area contributed by atoms with Gasteiger partial charge in [-0.25, -0.2) is 39.1 Å². The van der Waals surface area contributed by atoms with E-state index in [1.165, 1.54) is 6.20 Å². The number of nitrogens with zero attached hydrogens (tertiary/aromatic N) is 9. The lowest BCUT2D eigenvalue weighted by atomic mass is 10.2. The van der Waals surface area contributed by atoms with Crippen LogP contribution < -0.4 is 63.1 Å². The molecular weight excluding hydrogens is 1020 g/mol. The number of ether oxygens (including phenoxy) is 4. The number of fused-ring (bicyclic) bond motifs is 2. The highest BCUT2D eigenvalue weighted by atomic mass is 16.5. The molecule has 0 fully saturated rings. The van der Waals surface area contributed by atoms with Crippen molar-refractivity contribution in [2.75, 3.05) is 91.8 Å². The number of aliphatic hydroxyl groups excluding tert-OH is 1. The van der Waals surface area contributed by atoms with Crippen molar-refractivity contribution in [3.05, 3.63) is 121 Å². The van der Waals surface area contributed by atoms with Gasteiger partial charge in [0.2, 0.25) is 11.9 Å². The number of nitrogens with two attached hydrogens (primary N) is 5. The maximum Gasteiger partial charge on any atom is 0.341 e. The summed E-state index contributed by atoms with van der Waals surface area (Å²) >= 11 is 0. The first-order valence-electron chi connectivity index (χ1n) is 22.6. The van der Waals surface area contributed by atoms with E-state index < -0.39 is 30.5 Å². The predicted molar refractivity (Wildman–Crippen MR) is 288 cm³/mol. The van der Waals surface area contributed by atoms with Crippen LogP contribution >= 0.6 is 0 Å². The summed E-state index contributed by atoms with van der Waals surface area (Å²) in [6.07, 6.45) is 3.01. The Kier molecular flexibility index (Phi) is 23.3. The standard InChI is InChI=1S/C16H17N7O3.2C9H11NO3.C8H9NO3.C7H8N6O/c1-23(10-3-2-4-11(5-10)26-8-12(24)25)7-9-6-19-13-14(17)21-16(18)22-15(13)20-9;2*1-10-7-3-2-4-8(5-7)13-6-9(11)12;9-6-2-1-3-7(4-6)12-5-8(10)11;8-5-4-6(13-7(9)12-5)11-3(2-14)1-10-4/h2-6H,7-8H2,1H3,(H,24,25)(H4,17,18,20,21,22);2*2-5,10H,6H2,1H3,(H,11,12);1-4H,5,9H2,(H,10,11);1,14H,2H2,(H4,8,9,11,12,13). The van der Waals surface area contributed by atoms with Gasteiger partial charge in [0, 0.05) is 68.2 Å². The zero-order valence-electron chi connectivity index (χ0n) is 42.0. The topological polar surface area (TPSA) is 467 Å². The van der Waals surface area contributed by atoms with Crippen molar-refractivity contribution >= 4 is 92.5 Å². The van der Waals surface area contributed by atoms with Crippen LogP contribution in [0.25, 0.3) is 22.3 Å². The molecule has 410 valence electrons. The SMILES string of the molecule is CN(Cc1cnc2c(N)nc(N)nc2n1)c1cccc(OCC(=O)O)c1.CNc1cccc(OCC(=O)O)c1.CNc1cccc(OCC(=O)O)c1.Nc1cccc(OCC(=O)O)c1.Nc1nc(N)c2ncc(CO)nc2n1. The number of benzene rings is 4. The molecule has 4 aromatic heterocycles. The molecule has 0 amide bonds. The zero-order chi connectivity index (χ0) is 57.1. The van der Waals surface area contributed by atoms with Crippen LogP contribution in [0.2, 0.25) is 0 Å². The molecule has 0 aliphatic carbocycles. The van der Waals surface area contributed by atoms with Crippen molar-refractivity contribution in [2.45, 2.75) is 13.2 Å². The number of aliphatic hydroxyl groups is 1. The molecule has 8 rings (SSSR count). The van der Waals surface area contributed by atoms with Crippen LogP contribution in [0, 0.1) is 0 Å². The van der Waals surface area contributed by atoms with Crippen LogP contribution in [0.3, 0.4) is 0 Å². The Morgan fingerprint density at radius 3 is 1.31 bits per heavy atom. The summed E-state index contributed by atoms with van der Waals surface area (Å²) in [6, 6.07) is 28.0. The van der Waals surface area contributed by atoms with Crippen molar-refractivity contribution in [3.8, 4) is 23.0 Å². The minimum Gasteiger partial charge on any atom is -0.482 e. The van der Waals surface area contributed by atoms with E-state index in [9.17, 15) is 19.2 Å². The first-order chi connectivity index (χ1) is 37.2. The maximum atomic E-state index is 10.6. The van der Waals surface area contributed by atoms with Gasteiger partial charge in [0.1, 0.15) is 34.0 Å². The molecule has 29 nitrogen and oxygen atoms in total. The summed E-state index contributed by atoms with van der Waals surface area (Å²) in [6.45, 7) is -1.13. The molecule has 78 heavy (non-hydrogen) atoms. The fourth-order valence-corrected chi connectivity index (χ4v) is 5.93. The number of rotatable bonds is 18. The first-order valence-corrected chi connectivity index (χ1v) is 22.6. The first kappa shape index (κ1) is 59.7. The number of carboxylic acids is 4. The molecule has 0 unspecified atom stereocenters. The van der Waals surface area contributed by atoms with Gasteiger partial charge < -0.3 is 88.7 Å². The quantitative estimate of drug-likeness (QED) is 0.0550. The molecular formula is C49H56N16O13. The van der Waals surface area contributed by atoms with E-state index >= 15 is 0 Å². The third-order valence-electron chi connectivity index (χ3n) is 9.38. The van der Waals surface area contributed by atoms with Crippen molar-refractivity contribution in [3.63, 3.8) is 0 Å². The number of hydrogen-bond acceptors (Lipinski definition) is 25. The minimum absolute atomic E-state index is 0.0399. The van der Waals surface area contributed by atoms with E-state index in [1.54, 1.807) is 99.2 Å². The summed E-state index contributed by atoms with van der Waals surface area (Å²) in [5, 5.41) is 48.4. The summed E-state index contributed by atoms with van der Waals surface area (Å²) in [5.74, 6) is -1.50. The van der Waals surface area contributed by atoms with E-state index in [0.717, 1.165) is 17.1 Å². The fraction of sp³-hybridized carbons (Fsp3) is 0.184. The summed E-state index contributed by atoms with van der Waals surface area (Å²) in [4.78, 5) is 75.1. The number of hydrogen-bond donors (Lipinski definition) is 12. The second kappa shape index (κ2) is 30.4. The Morgan fingerprint density at radius 1 is 0.513 bits per heavy atom. The van der Waals surface area contributed by atoms with E-state index in [0.29, 0.717) is 68.9 Å². The predicted octanol–water partition coefficient (Wildman–Crippen LogP) is 2.88. The van der Waals surface area contributed by atoms with Gasteiger partial charge in [-0.05, 0) is 48.5 Å². The van der Waals surface area contributed by atoms with E-state index in [-0.39, 0.29) is 50.0 Å². The number of aliphatic carboxylic acids is 4. The average Bonchev–Trinajstić information content (AvgIpc) is 3.42. The molecule has 0 aliphatic heterocycles. The van der Waals surface area contributed by atoms with Gasteiger partial charge >= 0.3 is 23.9 Å². The van der Waals surface area contributed by atoms with E-state index in [4.69, 9.17) is 73.1 Å². The Bertz CT molecular complexity index is 3220. The molecule has 0 bridgehead atoms. The van der Waals surface area contributed by atoms with Crippen molar-refractivity contribution < 1.29 is 63.7 Å². The van der Waals surface area contributed by atoms with Gasteiger partial charge in [0.25, 0.3) is 0 Å². The molecule has 0 radical (unpaired) electrons. The van der Waals surface area contributed by atoms with Crippen LogP contribution in [0.1, 0.15) is 11.4 Å². The van der Waals surface area contributed by atoms with Gasteiger partial charge in [-0.2, -0.15) is 19.9 Å². The number of carbonyl (C=O) groups is 4. The van der Waals surface area contributed by atoms with Crippen molar-refractivity contribution in [2.24, 2.45) is 0 Å². The van der Waals surface area contributed by atoms with Crippen LogP contribution in [0.5, 0.6) is 23.0 Å². The number of anilines is 8. The van der Waals surface area contributed by atoms with Crippen LogP contribution in [-0.2, 0) is 32.3 Å². The number of nitrogens with one attached hydrogen (secondary N) is 2. The number of carboxylic acid groups (broad SMARTS) is 4. The highest BCUT2D eigenvalue weighted by molar-refractivity contribution is 5.82.